The van der Waals surface area contributed by atoms with E-state index in [9.17, 15) is 35.4 Å². The van der Waals surface area contributed by atoms with Gasteiger partial charge in [0.2, 0.25) is 12.0 Å². The summed E-state index contributed by atoms with van der Waals surface area (Å²) in [5, 5.41) is 58.9. The molecule has 2 aromatic carbocycles. The number of fused-ring (bicyclic) bond motifs is 1. The quantitative estimate of drug-likeness (QED) is 0.184. The number of benzene rings is 2. The molecule has 0 saturated carbocycles. The first-order chi connectivity index (χ1) is 17.2. The van der Waals surface area contributed by atoms with E-state index in [2.05, 4.69) is 0 Å². The Bertz CT molecular complexity index is 1280. The molecule has 2 heterocycles. The lowest BCUT2D eigenvalue weighted by atomic mass is 9.99. The Balaban J connectivity index is 1.67. The van der Waals surface area contributed by atoms with Crippen LogP contribution in [0.5, 0.6) is 28.7 Å². The van der Waals surface area contributed by atoms with Crippen LogP contribution in [0.3, 0.4) is 0 Å². The molecule has 0 amide bonds. The molecule has 1 fully saturated rings. The lowest BCUT2D eigenvalue weighted by Gasteiger charge is -2.38. The molecule has 0 aliphatic carbocycles. The summed E-state index contributed by atoms with van der Waals surface area (Å²) in [5.74, 6) is -0.723. The number of aromatic hydroxyl groups is 2. The van der Waals surface area contributed by atoms with Gasteiger partial charge in [-0.05, 0) is 12.1 Å². The largest absolute Gasteiger partial charge is 0.508 e. The maximum absolute atomic E-state index is 12.6. The minimum absolute atomic E-state index is 0.0374. The summed E-state index contributed by atoms with van der Waals surface area (Å²) >= 11 is 0. The average molecular weight is 508 g/mol. The van der Waals surface area contributed by atoms with E-state index >= 15 is 0 Å². The number of phenolic OH excluding ortho intramolecular Hbond substituents is 2. The molecule has 5 unspecified atom stereocenters. The SMILES string of the molecule is COc1cc(-c2cc(=O)c3c(O)cc(O)cc3o2)cc(OC)c1OOC1OC(CO)C(O)C(O)C1O. The van der Waals surface area contributed by atoms with E-state index in [4.69, 9.17) is 28.4 Å². The van der Waals surface area contributed by atoms with Gasteiger partial charge in [0, 0.05) is 23.8 Å². The summed E-state index contributed by atoms with van der Waals surface area (Å²) in [4.78, 5) is 23.0. The second-order valence-corrected chi connectivity index (χ2v) is 7.90. The van der Waals surface area contributed by atoms with Crippen molar-refractivity contribution >= 4 is 11.0 Å². The molecular formula is C23H24O13. The maximum Gasteiger partial charge on any atom is 0.248 e. The van der Waals surface area contributed by atoms with Crippen LogP contribution in [0.1, 0.15) is 0 Å². The van der Waals surface area contributed by atoms with Gasteiger partial charge in [-0.25, -0.2) is 0 Å². The molecule has 3 aromatic rings. The minimum Gasteiger partial charge on any atom is -0.508 e. The summed E-state index contributed by atoms with van der Waals surface area (Å²) < 4.78 is 21.6. The average Bonchev–Trinajstić information content (AvgIpc) is 2.85. The van der Waals surface area contributed by atoms with E-state index in [1.807, 2.05) is 0 Å². The van der Waals surface area contributed by atoms with Gasteiger partial charge in [-0.3, -0.25) is 4.79 Å². The summed E-state index contributed by atoms with van der Waals surface area (Å²) in [7, 11) is 2.62. The number of rotatable bonds is 7. The van der Waals surface area contributed by atoms with Crippen molar-refractivity contribution in [2.75, 3.05) is 20.8 Å². The van der Waals surface area contributed by atoms with Gasteiger partial charge in [-0.15, -0.1) is 0 Å². The number of hydrogen-bond donors (Lipinski definition) is 6. The Hall–Kier alpha value is -3.59. The highest BCUT2D eigenvalue weighted by atomic mass is 17.2. The Morgan fingerprint density at radius 1 is 0.917 bits per heavy atom. The van der Waals surface area contributed by atoms with Crippen molar-refractivity contribution < 1.29 is 59.0 Å². The highest BCUT2D eigenvalue weighted by molar-refractivity contribution is 5.86. The Morgan fingerprint density at radius 2 is 1.58 bits per heavy atom. The zero-order valence-corrected chi connectivity index (χ0v) is 19.0. The Morgan fingerprint density at radius 3 is 2.19 bits per heavy atom. The third-order valence-electron chi connectivity index (χ3n) is 5.61. The third-order valence-corrected chi connectivity index (χ3v) is 5.61. The van der Waals surface area contributed by atoms with E-state index in [0.717, 1.165) is 12.1 Å². The van der Waals surface area contributed by atoms with Gasteiger partial charge in [-0.2, -0.15) is 4.89 Å². The van der Waals surface area contributed by atoms with Gasteiger partial charge in [-0.1, -0.05) is 0 Å². The molecule has 0 spiro atoms. The third kappa shape index (κ3) is 4.63. The van der Waals surface area contributed by atoms with Crippen molar-refractivity contribution in [1.29, 1.82) is 0 Å². The molecule has 13 nitrogen and oxygen atoms in total. The van der Waals surface area contributed by atoms with Crippen molar-refractivity contribution in [2.45, 2.75) is 30.7 Å². The van der Waals surface area contributed by atoms with Crippen LogP contribution in [0, 0.1) is 0 Å². The number of aliphatic hydroxyl groups excluding tert-OH is 4. The Kier molecular flexibility index (Phi) is 7.21. The first-order valence-electron chi connectivity index (χ1n) is 10.6. The van der Waals surface area contributed by atoms with Crippen molar-refractivity contribution in [2.24, 2.45) is 0 Å². The predicted octanol–water partition coefficient (Wildman–Crippen LogP) is -0.00130. The van der Waals surface area contributed by atoms with Gasteiger partial charge in [0.15, 0.2) is 16.9 Å². The molecule has 1 saturated heterocycles. The molecule has 36 heavy (non-hydrogen) atoms. The van der Waals surface area contributed by atoms with Gasteiger partial charge >= 0.3 is 0 Å². The minimum atomic E-state index is -1.71. The molecule has 194 valence electrons. The predicted molar refractivity (Wildman–Crippen MR) is 120 cm³/mol. The van der Waals surface area contributed by atoms with Gasteiger partial charge in [0.1, 0.15) is 52.6 Å². The van der Waals surface area contributed by atoms with Crippen LogP contribution in [-0.4, -0.2) is 82.2 Å². The van der Waals surface area contributed by atoms with Crippen LogP contribution in [0.2, 0.25) is 0 Å². The van der Waals surface area contributed by atoms with E-state index in [1.54, 1.807) is 0 Å². The lowest BCUT2D eigenvalue weighted by molar-refractivity contribution is -0.387. The molecule has 0 bridgehead atoms. The van der Waals surface area contributed by atoms with Crippen LogP contribution in [0.4, 0.5) is 0 Å². The molecule has 0 radical (unpaired) electrons. The monoisotopic (exact) mass is 508 g/mol. The van der Waals surface area contributed by atoms with Gasteiger partial charge < -0.3 is 54.2 Å². The molecule has 1 aromatic heterocycles. The van der Waals surface area contributed by atoms with E-state index in [0.29, 0.717) is 5.56 Å². The molecule has 1 aliphatic rings. The standard InChI is InChI=1S/C23H24O13/c1-31-15-3-9(13-7-12(27)18-11(26)5-10(25)6-14(18)33-13)4-16(32-2)22(15)35-36-23-21(30)20(29)19(28)17(8-24)34-23/h3-7,17,19-21,23-26,28-30H,8H2,1-2H3. The highest BCUT2D eigenvalue weighted by Gasteiger charge is 2.45. The fourth-order valence-corrected chi connectivity index (χ4v) is 3.74. The van der Waals surface area contributed by atoms with Crippen molar-refractivity contribution in [1.82, 2.24) is 0 Å². The highest BCUT2D eigenvalue weighted by Crippen LogP contribution is 2.42. The fraction of sp³-hybridized carbons (Fsp3) is 0.348. The molecule has 1 aliphatic heterocycles. The van der Waals surface area contributed by atoms with Crippen LogP contribution in [0.25, 0.3) is 22.3 Å². The van der Waals surface area contributed by atoms with Gasteiger partial charge in [0.25, 0.3) is 0 Å². The molecule has 5 atom stereocenters. The molecule has 6 N–H and O–H groups in total. The number of phenols is 2. The molecule has 4 rings (SSSR count). The summed E-state index contributed by atoms with van der Waals surface area (Å²) in [6.45, 7) is -0.654. The summed E-state index contributed by atoms with van der Waals surface area (Å²) in [6.07, 6.45) is -7.76. The first-order valence-corrected chi connectivity index (χ1v) is 10.6. The van der Waals surface area contributed by atoms with E-state index in [1.165, 1.54) is 32.4 Å². The number of methoxy groups -OCH3 is 2. The van der Waals surface area contributed by atoms with Crippen LogP contribution < -0.4 is 19.8 Å². The molecule has 13 heteroatoms. The van der Waals surface area contributed by atoms with E-state index < -0.39 is 48.5 Å². The lowest BCUT2D eigenvalue weighted by Crippen LogP contribution is -2.59. The second-order valence-electron chi connectivity index (χ2n) is 7.90. The van der Waals surface area contributed by atoms with Crippen LogP contribution in [-0.2, 0) is 9.62 Å². The topological polar surface area (TPSA) is 198 Å². The number of hydrogen-bond acceptors (Lipinski definition) is 13. The normalized spacial score (nSPS) is 24.0. The number of aliphatic hydroxyl groups is 4. The first kappa shape index (κ1) is 25.5. The number of ether oxygens (including phenoxy) is 3. The summed E-state index contributed by atoms with van der Waals surface area (Å²) in [6, 6.07) is 6.17. The van der Waals surface area contributed by atoms with Crippen molar-refractivity contribution in [3.63, 3.8) is 0 Å². The maximum atomic E-state index is 12.6. The van der Waals surface area contributed by atoms with Crippen molar-refractivity contribution in [3.05, 3.63) is 40.6 Å². The smallest absolute Gasteiger partial charge is 0.248 e. The second kappa shape index (κ2) is 10.2. The van der Waals surface area contributed by atoms with E-state index in [-0.39, 0.29) is 39.7 Å². The molecular weight excluding hydrogens is 484 g/mol. The zero-order valence-electron chi connectivity index (χ0n) is 19.0. The van der Waals surface area contributed by atoms with Crippen LogP contribution in [0.15, 0.2) is 39.5 Å². The fourth-order valence-electron chi connectivity index (χ4n) is 3.74. The van der Waals surface area contributed by atoms with Gasteiger partial charge in [0.05, 0.1) is 20.8 Å². The van der Waals surface area contributed by atoms with Crippen molar-refractivity contribution in [3.8, 4) is 40.1 Å². The Labute approximate surface area is 202 Å². The summed E-state index contributed by atoms with van der Waals surface area (Å²) in [5.41, 5.74) is -0.321. The zero-order chi connectivity index (χ0) is 26.1. The van der Waals surface area contributed by atoms with Crippen LogP contribution >= 0.6 is 0 Å².